The molecule has 156 valence electrons. The van der Waals surface area contributed by atoms with E-state index < -0.39 is 0 Å². The highest BCUT2D eigenvalue weighted by Crippen LogP contribution is 2.39. The Morgan fingerprint density at radius 2 is 2.00 bits per heavy atom. The molecule has 2 aliphatic heterocycles. The largest absolute Gasteiger partial charge is 0.376 e. The van der Waals surface area contributed by atoms with Crippen molar-refractivity contribution in [1.82, 2.24) is 25.7 Å². The molecule has 2 saturated heterocycles. The Bertz CT molecular complexity index is 639. The Balaban J connectivity index is 1.43. The van der Waals surface area contributed by atoms with Crippen molar-refractivity contribution in [1.29, 1.82) is 0 Å². The van der Waals surface area contributed by atoms with Gasteiger partial charge in [-0.3, -0.25) is 10.3 Å². The van der Waals surface area contributed by atoms with Crippen molar-refractivity contribution in [3.8, 4) is 0 Å². The third-order valence-electron chi connectivity index (χ3n) is 6.26. The maximum absolute atomic E-state index is 12.6. The van der Waals surface area contributed by atoms with E-state index >= 15 is 0 Å². The molecular weight excluding hydrogens is 359 g/mol. The van der Waals surface area contributed by atoms with Crippen LogP contribution in [0.1, 0.15) is 44.8 Å². The van der Waals surface area contributed by atoms with Gasteiger partial charge >= 0.3 is 0 Å². The number of rotatable bonds is 6. The van der Waals surface area contributed by atoms with E-state index in [2.05, 4.69) is 50.5 Å². The molecule has 1 aromatic heterocycles. The predicted molar refractivity (Wildman–Crippen MR) is 107 cm³/mol. The number of alkyl halides is 1. The lowest BCUT2D eigenvalue weighted by Crippen LogP contribution is -2.47. The van der Waals surface area contributed by atoms with E-state index in [0.29, 0.717) is 24.6 Å². The molecule has 3 aliphatic rings. The average molecular weight is 393 g/mol. The fourth-order valence-electron chi connectivity index (χ4n) is 4.84. The van der Waals surface area contributed by atoms with Crippen LogP contribution < -0.4 is 15.8 Å². The van der Waals surface area contributed by atoms with Crippen molar-refractivity contribution in [3.63, 3.8) is 0 Å². The van der Waals surface area contributed by atoms with Crippen LogP contribution in [0.25, 0.3) is 0 Å². The molecule has 1 saturated carbocycles. The van der Waals surface area contributed by atoms with E-state index in [0.717, 1.165) is 57.0 Å². The standard InChI is InChI=1S/C20H33FN6O/c1-14(2)28-15-3-4-17-16(11-15)20(25-24-17)18-12-19(23-13-22-18)27-9-7-26(6-5-21)8-10-27/h12-17,20,24-25H,3-11H2,1-2H3. The number of hydrogen-bond acceptors (Lipinski definition) is 7. The van der Waals surface area contributed by atoms with E-state index in [4.69, 9.17) is 4.74 Å². The minimum absolute atomic E-state index is 0.179. The third-order valence-corrected chi connectivity index (χ3v) is 6.26. The molecule has 2 N–H and O–H groups in total. The first-order chi connectivity index (χ1) is 13.6. The van der Waals surface area contributed by atoms with Gasteiger partial charge in [-0.05, 0) is 33.1 Å². The lowest BCUT2D eigenvalue weighted by Gasteiger charge is -2.35. The van der Waals surface area contributed by atoms with Gasteiger partial charge in [-0.1, -0.05) is 0 Å². The highest BCUT2D eigenvalue weighted by molar-refractivity contribution is 5.40. The fourth-order valence-corrected chi connectivity index (χ4v) is 4.84. The lowest BCUT2D eigenvalue weighted by molar-refractivity contribution is -0.0276. The Morgan fingerprint density at radius 1 is 1.18 bits per heavy atom. The van der Waals surface area contributed by atoms with Crippen LogP contribution in [0, 0.1) is 5.92 Å². The monoisotopic (exact) mass is 392 g/mol. The highest BCUT2D eigenvalue weighted by atomic mass is 19.1. The second kappa shape index (κ2) is 8.98. The van der Waals surface area contributed by atoms with E-state index in [1.165, 1.54) is 0 Å². The van der Waals surface area contributed by atoms with Crippen molar-refractivity contribution in [2.24, 2.45) is 5.92 Å². The van der Waals surface area contributed by atoms with Gasteiger partial charge in [0, 0.05) is 50.7 Å². The van der Waals surface area contributed by atoms with Crippen LogP contribution in [0.4, 0.5) is 10.2 Å². The molecule has 1 aliphatic carbocycles. The minimum atomic E-state index is -0.276. The fraction of sp³-hybridized carbons (Fsp3) is 0.800. The molecule has 1 aromatic rings. The molecule has 3 heterocycles. The average Bonchev–Trinajstić information content (AvgIpc) is 3.12. The van der Waals surface area contributed by atoms with E-state index in [1.54, 1.807) is 6.33 Å². The number of anilines is 1. The Labute approximate surface area is 167 Å². The molecule has 4 rings (SSSR count). The quantitative estimate of drug-likeness (QED) is 0.764. The highest BCUT2D eigenvalue weighted by Gasteiger charge is 2.42. The van der Waals surface area contributed by atoms with Gasteiger partial charge in [0.15, 0.2) is 0 Å². The van der Waals surface area contributed by atoms with Crippen molar-refractivity contribution < 1.29 is 9.13 Å². The number of hydrazine groups is 1. The maximum atomic E-state index is 12.6. The van der Waals surface area contributed by atoms with Crippen molar-refractivity contribution >= 4 is 5.82 Å². The summed E-state index contributed by atoms with van der Waals surface area (Å²) >= 11 is 0. The van der Waals surface area contributed by atoms with Gasteiger partial charge in [0.25, 0.3) is 0 Å². The van der Waals surface area contributed by atoms with Crippen LogP contribution in [0.5, 0.6) is 0 Å². The molecule has 28 heavy (non-hydrogen) atoms. The Hall–Kier alpha value is -1.35. The molecule has 8 heteroatoms. The lowest BCUT2D eigenvalue weighted by atomic mass is 9.79. The zero-order valence-electron chi connectivity index (χ0n) is 17.0. The first-order valence-corrected chi connectivity index (χ1v) is 10.7. The van der Waals surface area contributed by atoms with Gasteiger partial charge in [-0.2, -0.15) is 0 Å². The number of nitrogens with zero attached hydrogens (tertiary/aromatic N) is 4. The molecule has 0 radical (unpaired) electrons. The predicted octanol–water partition coefficient (Wildman–Crippen LogP) is 1.68. The molecule has 0 amide bonds. The van der Waals surface area contributed by atoms with Crippen LogP contribution in [0.3, 0.4) is 0 Å². The first kappa shape index (κ1) is 19.9. The van der Waals surface area contributed by atoms with Crippen molar-refractivity contribution in [2.45, 2.75) is 57.4 Å². The third kappa shape index (κ3) is 4.45. The first-order valence-electron chi connectivity index (χ1n) is 10.7. The smallest absolute Gasteiger partial charge is 0.132 e. The number of ether oxygens (including phenoxy) is 1. The van der Waals surface area contributed by atoms with Crippen LogP contribution in [0.2, 0.25) is 0 Å². The summed E-state index contributed by atoms with van der Waals surface area (Å²) in [5.41, 5.74) is 8.00. The second-order valence-corrected chi connectivity index (χ2v) is 8.48. The van der Waals surface area contributed by atoms with Gasteiger partial charge in [-0.15, -0.1) is 0 Å². The summed E-state index contributed by atoms with van der Waals surface area (Å²) in [6.45, 7) is 7.99. The maximum Gasteiger partial charge on any atom is 0.132 e. The summed E-state index contributed by atoms with van der Waals surface area (Å²) in [4.78, 5) is 13.6. The summed E-state index contributed by atoms with van der Waals surface area (Å²) in [6, 6.07) is 2.78. The number of piperazine rings is 1. The Morgan fingerprint density at radius 3 is 2.75 bits per heavy atom. The molecule has 0 aromatic carbocycles. The summed E-state index contributed by atoms with van der Waals surface area (Å²) in [7, 11) is 0. The molecule has 4 atom stereocenters. The summed E-state index contributed by atoms with van der Waals surface area (Å²) in [5, 5.41) is 0. The number of fused-ring (bicyclic) bond motifs is 1. The molecule has 4 unspecified atom stereocenters. The molecular formula is C20H33FN6O. The molecule has 3 fully saturated rings. The van der Waals surface area contributed by atoms with Gasteiger partial charge in [0.1, 0.15) is 18.8 Å². The van der Waals surface area contributed by atoms with Gasteiger partial charge in [-0.25, -0.2) is 19.8 Å². The van der Waals surface area contributed by atoms with Gasteiger partial charge in [0.2, 0.25) is 0 Å². The van der Waals surface area contributed by atoms with Crippen LogP contribution in [0.15, 0.2) is 12.4 Å². The van der Waals surface area contributed by atoms with Gasteiger partial charge < -0.3 is 9.64 Å². The van der Waals surface area contributed by atoms with Crippen molar-refractivity contribution in [3.05, 3.63) is 18.1 Å². The SMILES string of the molecule is CC(C)OC1CCC2NNC(c3cc(N4CCN(CCF)CC4)ncn3)C2C1. The number of halogens is 1. The van der Waals surface area contributed by atoms with Crippen LogP contribution >= 0.6 is 0 Å². The van der Waals surface area contributed by atoms with Crippen molar-refractivity contribution in [2.75, 3.05) is 44.3 Å². The van der Waals surface area contributed by atoms with Crippen LogP contribution in [-0.2, 0) is 4.74 Å². The topological polar surface area (TPSA) is 65.6 Å². The molecule has 7 nitrogen and oxygen atoms in total. The normalized spacial score (nSPS) is 31.4. The van der Waals surface area contributed by atoms with Gasteiger partial charge in [0.05, 0.1) is 23.9 Å². The van der Waals surface area contributed by atoms with Crippen LogP contribution in [-0.4, -0.2) is 72.5 Å². The second-order valence-electron chi connectivity index (χ2n) is 8.48. The molecule has 0 spiro atoms. The minimum Gasteiger partial charge on any atom is -0.376 e. The molecule has 0 bridgehead atoms. The van der Waals surface area contributed by atoms with E-state index in [-0.39, 0.29) is 18.8 Å². The summed E-state index contributed by atoms with van der Waals surface area (Å²) in [5.74, 6) is 1.45. The van der Waals surface area contributed by atoms with E-state index in [9.17, 15) is 4.39 Å². The van der Waals surface area contributed by atoms with E-state index in [1.807, 2.05) is 0 Å². The summed E-state index contributed by atoms with van der Waals surface area (Å²) in [6.07, 6.45) is 5.56. The number of nitrogens with one attached hydrogen (secondary N) is 2. The Kier molecular flexibility index (Phi) is 6.40. The zero-order valence-corrected chi connectivity index (χ0v) is 17.0. The number of aromatic nitrogens is 2. The summed E-state index contributed by atoms with van der Waals surface area (Å²) < 4.78 is 18.7. The zero-order chi connectivity index (χ0) is 19.5. The number of hydrogen-bond donors (Lipinski definition) is 2.